The van der Waals surface area contributed by atoms with E-state index in [1.54, 1.807) is 6.07 Å². The number of aromatic nitrogens is 3. The first-order chi connectivity index (χ1) is 17.2. The highest BCUT2D eigenvalue weighted by molar-refractivity contribution is 7.17. The smallest absolute Gasteiger partial charge is 0.268 e. The molecule has 2 aliphatic heterocycles. The molecule has 2 aliphatic rings. The van der Waals surface area contributed by atoms with Gasteiger partial charge in [-0.15, -0.1) is 10.2 Å². The lowest BCUT2D eigenvalue weighted by Gasteiger charge is -2.36. The van der Waals surface area contributed by atoms with Gasteiger partial charge in [0, 0.05) is 52.0 Å². The molecule has 0 spiro atoms. The molecule has 0 atom stereocenters. The molecule has 0 radical (unpaired) electrons. The van der Waals surface area contributed by atoms with Gasteiger partial charge in [0.2, 0.25) is 10.3 Å². The minimum atomic E-state index is -0.162. The van der Waals surface area contributed by atoms with Crippen LogP contribution in [-0.2, 0) is 0 Å². The summed E-state index contributed by atoms with van der Waals surface area (Å²) in [6.07, 6.45) is 6.38. The highest BCUT2D eigenvalue weighted by Gasteiger charge is 2.20. The van der Waals surface area contributed by atoms with Crippen LogP contribution < -0.4 is 15.1 Å². The summed E-state index contributed by atoms with van der Waals surface area (Å²) < 4.78 is 15.9. The number of hydrogen-bond acceptors (Lipinski definition) is 7. The number of benzene rings is 1. The fraction of sp³-hybridized carbons (Fsp3) is 0.480. The minimum Gasteiger partial charge on any atom is -0.367 e. The number of carbonyl (C=O) groups is 1. The third-order valence-electron chi connectivity index (χ3n) is 6.72. The van der Waals surface area contributed by atoms with Crippen molar-refractivity contribution in [2.45, 2.75) is 25.7 Å². The van der Waals surface area contributed by atoms with Crippen molar-refractivity contribution in [1.82, 2.24) is 25.0 Å². The van der Waals surface area contributed by atoms with Gasteiger partial charge in [-0.25, -0.2) is 4.39 Å². The van der Waals surface area contributed by atoms with Crippen molar-refractivity contribution >= 4 is 28.1 Å². The van der Waals surface area contributed by atoms with E-state index in [-0.39, 0.29) is 11.7 Å². The van der Waals surface area contributed by atoms with E-state index in [1.165, 1.54) is 36.7 Å². The normalized spacial score (nSPS) is 17.1. The van der Waals surface area contributed by atoms with Gasteiger partial charge in [-0.3, -0.25) is 14.3 Å². The summed E-state index contributed by atoms with van der Waals surface area (Å²) in [7, 11) is 0. The molecule has 0 saturated carbocycles. The first-order valence-corrected chi connectivity index (χ1v) is 13.3. The van der Waals surface area contributed by atoms with E-state index in [2.05, 4.69) is 30.2 Å². The number of amides is 1. The molecule has 10 heteroatoms. The third-order valence-corrected chi connectivity index (χ3v) is 7.70. The first kappa shape index (κ1) is 23.7. The number of piperidine rings is 1. The Balaban J connectivity index is 1.07. The van der Waals surface area contributed by atoms with Crippen molar-refractivity contribution in [3.63, 3.8) is 0 Å². The highest BCUT2D eigenvalue weighted by Crippen LogP contribution is 2.27. The molecule has 2 fully saturated rings. The Morgan fingerprint density at radius 1 is 0.914 bits per heavy atom. The molecule has 35 heavy (non-hydrogen) atoms. The molecule has 1 N–H and O–H groups in total. The number of nitrogens with zero attached hydrogens (tertiary/aromatic N) is 6. The summed E-state index contributed by atoms with van der Waals surface area (Å²) in [6.45, 7) is 6.94. The molecule has 186 valence electrons. The molecule has 0 aliphatic carbocycles. The van der Waals surface area contributed by atoms with Crippen LogP contribution in [0.5, 0.6) is 0 Å². The Bertz CT molecular complexity index is 1120. The largest absolute Gasteiger partial charge is 0.367 e. The number of nitrogens with one attached hydrogen (secondary N) is 1. The standard InChI is InChI=1S/C25H32FN7OS/c26-20-8-2-3-9-21(20)31-18-16-30(17-19-31)12-7-11-27-23(34)22-10-6-15-33(22)25-29-28-24(35-25)32-13-4-1-5-14-32/h2-3,6,8-10,15H,1,4-5,7,11-14,16-19H2,(H,27,34). The zero-order valence-corrected chi connectivity index (χ0v) is 20.7. The van der Waals surface area contributed by atoms with Crippen LogP contribution in [-0.4, -0.2) is 77.9 Å². The van der Waals surface area contributed by atoms with Gasteiger partial charge in [-0.2, -0.15) is 0 Å². The summed E-state index contributed by atoms with van der Waals surface area (Å²) >= 11 is 1.53. The lowest BCUT2D eigenvalue weighted by atomic mass is 10.1. The lowest BCUT2D eigenvalue weighted by molar-refractivity contribution is 0.0944. The zero-order valence-electron chi connectivity index (χ0n) is 19.9. The second-order valence-corrected chi connectivity index (χ2v) is 10.0. The fourth-order valence-corrected chi connectivity index (χ4v) is 5.66. The third kappa shape index (κ3) is 5.65. The summed E-state index contributed by atoms with van der Waals surface area (Å²) in [5, 5.41) is 13.4. The predicted octanol–water partition coefficient (Wildman–Crippen LogP) is 3.40. The number of halogens is 1. The second-order valence-electron chi connectivity index (χ2n) is 9.07. The van der Waals surface area contributed by atoms with Crippen LogP contribution in [0, 0.1) is 5.82 Å². The van der Waals surface area contributed by atoms with Crippen molar-refractivity contribution in [3.05, 3.63) is 54.1 Å². The number of carbonyl (C=O) groups excluding carboxylic acids is 1. The van der Waals surface area contributed by atoms with Gasteiger partial charge in [0.05, 0.1) is 5.69 Å². The van der Waals surface area contributed by atoms with Crippen molar-refractivity contribution < 1.29 is 9.18 Å². The number of piperazine rings is 1. The van der Waals surface area contributed by atoms with E-state index < -0.39 is 0 Å². The Morgan fingerprint density at radius 3 is 2.49 bits per heavy atom. The quantitative estimate of drug-likeness (QED) is 0.481. The van der Waals surface area contributed by atoms with Crippen LogP contribution in [0.4, 0.5) is 15.2 Å². The Morgan fingerprint density at radius 2 is 1.69 bits per heavy atom. The van der Waals surface area contributed by atoms with Crippen LogP contribution in [0.1, 0.15) is 36.2 Å². The Kier molecular flexibility index (Phi) is 7.58. The maximum absolute atomic E-state index is 14.0. The Hall–Kier alpha value is -2.98. The van der Waals surface area contributed by atoms with Gasteiger partial charge in [0.15, 0.2) is 0 Å². The van der Waals surface area contributed by atoms with Crippen molar-refractivity contribution in [2.24, 2.45) is 0 Å². The van der Waals surface area contributed by atoms with Crippen LogP contribution in [0.2, 0.25) is 0 Å². The number of para-hydroxylation sites is 1. The van der Waals surface area contributed by atoms with Crippen molar-refractivity contribution in [3.8, 4) is 5.13 Å². The number of anilines is 2. The van der Waals surface area contributed by atoms with Gasteiger partial charge < -0.3 is 15.1 Å². The molecule has 8 nitrogen and oxygen atoms in total. The molecule has 0 unspecified atom stereocenters. The fourth-order valence-electron chi connectivity index (χ4n) is 4.77. The van der Waals surface area contributed by atoms with E-state index in [1.807, 2.05) is 35.0 Å². The van der Waals surface area contributed by atoms with Gasteiger partial charge >= 0.3 is 0 Å². The topological polar surface area (TPSA) is 69.5 Å². The molecule has 1 amide bonds. The highest BCUT2D eigenvalue weighted by atomic mass is 32.1. The van der Waals surface area contributed by atoms with Crippen LogP contribution in [0.3, 0.4) is 0 Å². The molecular weight excluding hydrogens is 465 g/mol. The average Bonchev–Trinajstić information content (AvgIpc) is 3.58. The molecule has 3 aromatic rings. The monoisotopic (exact) mass is 497 g/mol. The maximum atomic E-state index is 14.0. The number of rotatable bonds is 8. The first-order valence-electron chi connectivity index (χ1n) is 12.5. The summed E-state index contributed by atoms with van der Waals surface area (Å²) in [5.41, 5.74) is 1.26. The summed E-state index contributed by atoms with van der Waals surface area (Å²) in [6, 6.07) is 10.6. The van der Waals surface area contributed by atoms with E-state index >= 15 is 0 Å². The molecule has 1 aromatic carbocycles. The number of hydrogen-bond donors (Lipinski definition) is 1. The van der Waals surface area contributed by atoms with Gasteiger partial charge in [-0.05, 0) is 56.5 Å². The van der Waals surface area contributed by atoms with Crippen LogP contribution >= 0.6 is 11.3 Å². The maximum Gasteiger partial charge on any atom is 0.268 e. The molecule has 2 aromatic heterocycles. The van der Waals surface area contributed by atoms with Crippen LogP contribution in [0.15, 0.2) is 42.6 Å². The SMILES string of the molecule is O=C(NCCCN1CCN(c2ccccc2F)CC1)c1cccn1-c1nnc(N2CCCCC2)s1. The lowest BCUT2D eigenvalue weighted by Crippen LogP contribution is -2.47. The molecule has 2 saturated heterocycles. The van der Waals surface area contributed by atoms with E-state index in [0.29, 0.717) is 23.1 Å². The molecule has 5 rings (SSSR count). The summed E-state index contributed by atoms with van der Waals surface area (Å²) in [5.74, 6) is -0.265. The molecule has 4 heterocycles. The molecular formula is C25H32FN7OS. The minimum absolute atomic E-state index is 0.103. The predicted molar refractivity (Wildman–Crippen MR) is 137 cm³/mol. The van der Waals surface area contributed by atoms with Gasteiger partial charge in [0.25, 0.3) is 5.91 Å². The van der Waals surface area contributed by atoms with E-state index in [4.69, 9.17) is 0 Å². The van der Waals surface area contributed by atoms with Crippen molar-refractivity contribution in [1.29, 1.82) is 0 Å². The second kappa shape index (κ2) is 11.2. The summed E-state index contributed by atoms with van der Waals surface area (Å²) in [4.78, 5) is 19.6. The average molecular weight is 498 g/mol. The van der Waals surface area contributed by atoms with Crippen molar-refractivity contribution in [2.75, 3.05) is 62.2 Å². The van der Waals surface area contributed by atoms with Crippen LogP contribution in [0.25, 0.3) is 5.13 Å². The zero-order chi connectivity index (χ0) is 24.0. The Labute approximate surface area is 209 Å². The van der Waals surface area contributed by atoms with Gasteiger partial charge in [0.1, 0.15) is 11.5 Å². The van der Waals surface area contributed by atoms with Gasteiger partial charge in [-0.1, -0.05) is 23.5 Å². The van der Waals surface area contributed by atoms with E-state index in [9.17, 15) is 9.18 Å². The van der Waals surface area contributed by atoms with E-state index in [0.717, 1.165) is 57.4 Å². The molecule has 0 bridgehead atoms.